The molecule has 0 unspecified atom stereocenters. The molecule has 3 rings (SSSR count). The summed E-state index contributed by atoms with van der Waals surface area (Å²) in [5.41, 5.74) is 1.06. The average Bonchev–Trinajstić information content (AvgIpc) is 3.00. The van der Waals surface area contributed by atoms with Crippen LogP contribution < -0.4 is 4.74 Å². The molecule has 21 heavy (non-hydrogen) atoms. The number of Topliss-reactive ketones (excluding diaryl/α,β-unsaturated/α-hetero) is 1. The minimum absolute atomic E-state index is 0.243. The van der Waals surface area contributed by atoms with Crippen molar-refractivity contribution in [1.82, 2.24) is 0 Å². The number of carbonyl (C=O) groups excluding carboxylic acids is 1. The zero-order chi connectivity index (χ0) is 14.7. The van der Waals surface area contributed by atoms with Crippen molar-refractivity contribution in [2.45, 2.75) is 12.8 Å². The van der Waals surface area contributed by atoms with Crippen LogP contribution in [0.4, 0.5) is 0 Å². The summed E-state index contributed by atoms with van der Waals surface area (Å²) in [7, 11) is 1.66. The molecule has 0 amide bonds. The molecule has 106 valence electrons. The second-order valence-electron chi connectivity index (χ2n) is 4.98. The van der Waals surface area contributed by atoms with Gasteiger partial charge in [-0.2, -0.15) is 0 Å². The molecule has 3 aromatic rings. The van der Waals surface area contributed by atoms with Gasteiger partial charge in [0.25, 0.3) is 0 Å². The zero-order valence-corrected chi connectivity index (χ0v) is 12.7. The molecule has 0 aliphatic rings. The lowest BCUT2D eigenvalue weighted by Gasteiger charge is -2.08. The molecule has 0 N–H and O–H groups in total. The van der Waals surface area contributed by atoms with E-state index in [1.807, 2.05) is 47.8 Å². The number of hydrogen-bond acceptors (Lipinski definition) is 3. The Hall–Kier alpha value is -2.13. The molecule has 3 heteroatoms. The van der Waals surface area contributed by atoms with Gasteiger partial charge in [0.15, 0.2) is 0 Å². The Bertz CT molecular complexity index is 760. The van der Waals surface area contributed by atoms with Gasteiger partial charge in [0, 0.05) is 17.7 Å². The largest absolute Gasteiger partial charge is 0.497 e. The number of rotatable bonds is 5. The van der Waals surface area contributed by atoms with Crippen molar-refractivity contribution in [3.63, 3.8) is 0 Å². The molecule has 0 aliphatic heterocycles. The molecule has 0 spiro atoms. The molecule has 0 fully saturated rings. The fourth-order valence-electron chi connectivity index (χ4n) is 2.48. The van der Waals surface area contributed by atoms with Crippen LogP contribution in [-0.4, -0.2) is 12.9 Å². The van der Waals surface area contributed by atoms with Crippen molar-refractivity contribution in [3.8, 4) is 5.75 Å². The first kappa shape index (κ1) is 13.8. The molecule has 0 radical (unpaired) electrons. The number of ketones is 1. The molecule has 0 atom stereocenters. The maximum absolute atomic E-state index is 12.3. The van der Waals surface area contributed by atoms with E-state index in [-0.39, 0.29) is 5.78 Å². The van der Waals surface area contributed by atoms with E-state index in [0.29, 0.717) is 12.8 Å². The van der Waals surface area contributed by atoms with Crippen molar-refractivity contribution in [2.75, 3.05) is 7.11 Å². The highest BCUT2D eigenvalue weighted by molar-refractivity contribution is 7.10. The van der Waals surface area contributed by atoms with Crippen LogP contribution in [0.25, 0.3) is 10.8 Å². The van der Waals surface area contributed by atoms with Gasteiger partial charge in [-0.3, -0.25) is 4.79 Å². The lowest BCUT2D eigenvalue weighted by molar-refractivity contribution is -0.117. The third-order valence-corrected chi connectivity index (χ3v) is 4.40. The number of fused-ring (bicyclic) bond motifs is 1. The van der Waals surface area contributed by atoms with Crippen LogP contribution in [0.2, 0.25) is 0 Å². The first-order valence-electron chi connectivity index (χ1n) is 6.86. The Kier molecular flexibility index (Phi) is 4.02. The second-order valence-corrected chi connectivity index (χ2v) is 6.01. The van der Waals surface area contributed by atoms with E-state index in [2.05, 4.69) is 6.07 Å². The molecule has 0 saturated heterocycles. The Morgan fingerprint density at radius 1 is 1.10 bits per heavy atom. The van der Waals surface area contributed by atoms with E-state index in [4.69, 9.17) is 4.74 Å². The Balaban J connectivity index is 1.87. The molecular weight excluding hydrogens is 280 g/mol. The van der Waals surface area contributed by atoms with Gasteiger partial charge >= 0.3 is 0 Å². The van der Waals surface area contributed by atoms with Crippen LogP contribution >= 0.6 is 11.3 Å². The highest BCUT2D eigenvalue weighted by atomic mass is 32.1. The number of benzene rings is 2. The highest BCUT2D eigenvalue weighted by Gasteiger charge is 2.09. The summed E-state index contributed by atoms with van der Waals surface area (Å²) in [6.45, 7) is 0. The Labute approximate surface area is 128 Å². The summed E-state index contributed by atoms with van der Waals surface area (Å²) in [6, 6.07) is 16.0. The minimum atomic E-state index is 0.243. The van der Waals surface area contributed by atoms with Crippen LogP contribution in [0, 0.1) is 0 Å². The molecule has 0 aliphatic carbocycles. The summed E-state index contributed by atoms with van der Waals surface area (Å²) < 4.78 is 5.28. The first-order chi connectivity index (χ1) is 10.3. The van der Waals surface area contributed by atoms with Crippen molar-refractivity contribution >= 4 is 27.9 Å². The van der Waals surface area contributed by atoms with Gasteiger partial charge in [0.05, 0.1) is 7.11 Å². The van der Waals surface area contributed by atoms with Gasteiger partial charge in [-0.05, 0) is 39.9 Å². The van der Waals surface area contributed by atoms with Crippen molar-refractivity contribution in [3.05, 3.63) is 64.4 Å². The lowest BCUT2D eigenvalue weighted by Crippen LogP contribution is -2.06. The van der Waals surface area contributed by atoms with Crippen LogP contribution in [0.15, 0.2) is 53.9 Å². The fourth-order valence-corrected chi connectivity index (χ4v) is 3.21. The standard InChI is InChI=1S/C18H16O2S/c1-20-16-8-7-13-4-2-5-14(18(13)12-16)10-15(19)11-17-6-3-9-21-17/h2-9,12H,10-11H2,1H3. The van der Waals surface area contributed by atoms with Gasteiger partial charge in [0.2, 0.25) is 0 Å². The quantitative estimate of drug-likeness (QED) is 0.703. The Morgan fingerprint density at radius 3 is 2.76 bits per heavy atom. The van der Waals surface area contributed by atoms with Crippen LogP contribution in [0.3, 0.4) is 0 Å². The maximum Gasteiger partial charge on any atom is 0.142 e. The van der Waals surface area contributed by atoms with Crippen molar-refractivity contribution in [1.29, 1.82) is 0 Å². The Morgan fingerprint density at radius 2 is 2.00 bits per heavy atom. The van der Waals surface area contributed by atoms with Gasteiger partial charge in [-0.1, -0.05) is 30.3 Å². The average molecular weight is 296 g/mol. The normalized spacial score (nSPS) is 10.7. The predicted molar refractivity (Wildman–Crippen MR) is 87.2 cm³/mol. The highest BCUT2D eigenvalue weighted by Crippen LogP contribution is 2.25. The maximum atomic E-state index is 12.3. The molecule has 2 nitrogen and oxygen atoms in total. The number of ether oxygens (including phenoxy) is 1. The summed E-state index contributed by atoms with van der Waals surface area (Å²) in [4.78, 5) is 13.4. The monoisotopic (exact) mass is 296 g/mol. The smallest absolute Gasteiger partial charge is 0.142 e. The van der Waals surface area contributed by atoms with Crippen LogP contribution in [0.1, 0.15) is 10.4 Å². The topological polar surface area (TPSA) is 26.3 Å². The number of methoxy groups -OCH3 is 1. The summed E-state index contributed by atoms with van der Waals surface area (Å²) >= 11 is 1.63. The second kappa shape index (κ2) is 6.10. The van der Waals surface area contributed by atoms with E-state index < -0.39 is 0 Å². The van der Waals surface area contributed by atoms with Gasteiger partial charge < -0.3 is 4.74 Å². The van der Waals surface area contributed by atoms with E-state index >= 15 is 0 Å². The van der Waals surface area contributed by atoms with Gasteiger partial charge in [0.1, 0.15) is 11.5 Å². The number of carbonyl (C=O) groups is 1. The molecular formula is C18H16O2S. The lowest BCUT2D eigenvalue weighted by atomic mass is 9.99. The number of thiophene rings is 1. The minimum Gasteiger partial charge on any atom is -0.497 e. The van der Waals surface area contributed by atoms with Gasteiger partial charge in [-0.25, -0.2) is 0 Å². The molecule has 0 saturated carbocycles. The first-order valence-corrected chi connectivity index (χ1v) is 7.74. The van der Waals surface area contributed by atoms with E-state index in [1.54, 1.807) is 18.4 Å². The summed E-state index contributed by atoms with van der Waals surface area (Å²) in [5, 5.41) is 4.24. The number of hydrogen-bond donors (Lipinski definition) is 0. The zero-order valence-electron chi connectivity index (χ0n) is 11.8. The molecule has 2 aromatic carbocycles. The third-order valence-electron chi connectivity index (χ3n) is 3.52. The SMILES string of the molecule is COc1ccc2cccc(CC(=O)Cc3cccs3)c2c1. The summed E-state index contributed by atoms with van der Waals surface area (Å²) in [6.07, 6.45) is 0.973. The van der Waals surface area contributed by atoms with Crippen molar-refractivity contribution < 1.29 is 9.53 Å². The van der Waals surface area contributed by atoms with E-state index in [0.717, 1.165) is 27.0 Å². The van der Waals surface area contributed by atoms with E-state index in [9.17, 15) is 4.79 Å². The predicted octanol–water partition coefficient (Wildman–Crippen LogP) is 4.26. The molecule has 1 heterocycles. The molecule has 0 bridgehead atoms. The van der Waals surface area contributed by atoms with Gasteiger partial charge in [-0.15, -0.1) is 11.3 Å². The van der Waals surface area contributed by atoms with Crippen LogP contribution in [-0.2, 0) is 17.6 Å². The van der Waals surface area contributed by atoms with E-state index in [1.165, 1.54) is 0 Å². The van der Waals surface area contributed by atoms with Crippen LogP contribution in [0.5, 0.6) is 5.75 Å². The fraction of sp³-hybridized carbons (Fsp3) is 0.167. The third kappa shape index (κ3) is 3.14. The van der Waals surface area contributed by atoms with Crippen molar-refractivity contribution in [2.24, 2.45) is 0 Å². The summed E-state index contributed by atoms with van der Waals surface area (Å²) in [5.74, 6) is 1.06. The molecule has 1 aromatic heterocycles.